The zero-order valence-electron chi connectivity index (χ0n) is 14.2. The Bertz CT molecular complexity index is 885. The molecule has 3 N–H and O–H groups in total. The van der Waals surface area contributed by atoms with Crippen LogP contribution in [0.15, 0.2) is 41.4 Å². The second-order valence-electron chi connectivity index (χ2n) is 6.75. The second-order valence-corrected chi connectivity index (χ2v) is 8.52. The summed E-state index contributed by atoms with van der Waals surface area (Å²) < 4.78 is 27.5. The van der Waals surface area contributed by atoms with E-state index in [1.54, 1.807) is 24.4 Å². The molecule has 0 saturated carbocycles. The summed E-state index contributed by atoms with van der Waals surface area (Å²) in [5.41, 5.74) is 1.06. The topological polar surface area (TPSA) is 107 Å². The molecule has 0 unspecified atom stereocenters. The molecule has 0 radical (unpaired) electrons. The second kappa shape index (κ2) is 6.82. The van der Waals surface area contributed by atoms with Gasteiger partial charge in [0.1, 0.15) is 0 Å². The molecule has 0 spiro atoms. The molecule has 0 aliphatic carbocycles. The maximum atomic E-state index is 12.8. The van der Waals surface area contributed by atoms with Gasteiger partial charge in [0.15, 0.2) is 0 Å². The van der Waals surface area contributed by atoms with Crippen molar-refractivity contribution < 1.29 is 13.2 Å². The standard InChI is InChI=1S/C17H21N5O3S/c23-17(22-10-13-4-6-18-16(13)11-22)12-2-1-3-15(8-12)26(24,25)20-9-14-5-7-19-21-14/h1-3,5,7-8,13,16,18,20H,4,6,9-11H2,(H,19,21)/t13-,16+/m0/s1. The van der Waals surface area contributed by atoms with Crippen molar-refractivity contribution in [3.63, 3.8) is 0 Å². The highest BCUT2D eigenvalue weighted by molar-refractivity contribution is 7.89. The van der Waals surface area contributed by atoms with Gasteiger partial charge in [0.2, 0.25) is 10.0 Å². The van der Waals surface area contributed by atoms with Crippen LogP contribution < -0.4 is 10.0 Å². The normalized spacial score (nSPS) is 22.5. The van der Waals surface area contributed by atoms with Crippen LogP contribution in [-0.4, -0.2) is 55.1 Å². The third-order valence-corrected chi connectivity index (χ3v) is 6.45. The van der Waals surface area contributed by atoms with Crippen molar-refractivity contribution in [2.75, 3.05) is 19.6 Å². The molecule has 2 atom stereocenters. The van der Waals surface area contributed by atoms with E-state index < -0.39 is 10.0 Å². The zero-order valence-corrected chi connectivity index (χ0v) is 15.0. The number of hydrogen-bond donors (Lipinski definition) is 3. The first-order chi connectivity index (χ1) is 12.5. The van der Waals surface area contributed by atoms with Crippen LogP contribution in [0.25, 0.3) is 0 Å². The number of likely N-dealkylation sites (tertiary alicyclic amines) is 1. The minimum absolute atomic E-state index is 0.0837. The lowest BCUT2D eigenvalue weighted by Crippen LogP contribution is -2.34. The molecule has 0 bridgehead atoms. The molecule has 26 heavy (non-hydrogen) atoms. The van der Waals surface area contributed by atoms with Crippen molar-refractivity contribution in [1.29, 1.82) is 0 Å². The van der Waals surface area contributed by atoms with Crippen LogP contribution in [-0.2, 0) is 16.6 Å². The third-order valence-electron chi connectivity index (χ3n) is 5.05. The monoisotopic (exact) mass is 375 g/mol. The Morgan fingerprint density at radius 2 is 2.19 bits per heavy atom. The van der Waals surface area contributed by atoms with E-state index in [9.17, 15) is 13.2 Å². The van der Waals surface area contributed by atoms with Gasteiger partial charge in [-0.2, -0.15) is 5.10 Å². The van der Waals surface area contributed by atoms with Gasteiger partial charge in [-0.1, -0.05) is 6.07 Å². The van der Waals surface area contributed by atoms with Crippen LogP contribution in [0.1, 0.15) is 22.5 Å². The van der Waals surface area contributed by atoms with Crippen molar-refractivity contribution in [2.45, 2.75) is 23.9 Å². The third kappa shape index (κ3) is 3.37. The minimum Gasteiger partial charge on any atom is -0.337 e. The van der Waals surface area contributed by atoms with E-state index in [-0.39, 0.29) is 17.3 Å². The molecule has 2 aliphatic heterocycles. The fraction of sp³-hybridized carbons (Fsp3) is 0.412. The van der Waals surface area contributed by atoms with Gasteiger partial charge in [-0.15, -0.1) is 0 Å². The summed E-state index contributed by atoms with van der Waals surface area (Å²) >= 11 is 0. The van der Waals surface area contributed by atoms with E-state index in [2.05, 4.69) is 20.2 Å². The van der Waals surface area contributed by atoms with Gasteiger partial charge >= 0.3 is 0 Å². The molecular formula is C17H21N5O3S. The number of carbonyl (C=O) groups is 1. The fourth-order valence-electron chi connectivity index (χ4n) is 3.63. The highest BCUT2D eigenvalue weighted by Crippen LogP contribution is 2.26. The maximum Gasteiger partial charge on any atom is 0.253 e. The first-order valence-electron chi connectivity index (χ1n) is 8.63. The number of aromatic nitrogens is 2. The molecule has 2 saturated heterocycles. The number of hydrogen-bond acceptors (Lipinski definition) is 5. The van der Waals surface area contributed by atoms with E-state index in [4.69, 9.17) is 0 Å². The van der Waals surface area contributed by atoms with Crippen molar-refractivity contribution in [3.8, 4) is 0 Å². The van der Waals surface area contributed by atoms with Crippen LogP contribution in [0, 0.1) is 5.92 Å². The number of sulfonamides is 1. The van der Waals surface area contributed by atoms with E-state index in [1.807, 2.05) is 4.90 Å². The van der Waals surface area contributed by atoms with Crippen LogP contribution >= 0.6 is 0 Å². The average Bonchev–Trinajstić information content (AvgIpc) is 3.36. The molecule has 8 nitrogen and oxygen atoms in total. The summed E-state index contributed by atoms with van der Waals surface area (Å²) in [6.45, 7) is 2.53. The molecule has 4 rings (SSSR count). The molecule has 1 aromatic carbocycles. The van der Waals surface area contributed by atoms with Crippen LogP contribution in [0.3, 0.4) is 0 Å². The van der Waals surface area contributed by atoms with Gasteiger partial charge < -0.3 is 10.2 Å². The molecule has 1 amide bonds. The number of H-pyrrole nitrogens is 1. The molecule has 3 heterocycles. The SMILES string of the molecule is O=C(c1cccc(S(=O)(=O)NCc2ccn[nH]2)c1)N1C[C@@H]2CCN[C@@H]2C1. The van der Waals surface area contributed by atoms with Crippen LogP contribution in [0.5, 0.6) is 0 Å². The lowest BCUT2D eigenvalue weighted by molar-refractivity contribution is 0.0782. The molecule has 2 aliphatic rings. The fourth-order valence-corrected chi connectivity index (χ4v) is 4.69. The summed E-state index contributed by atoms with van der Waals surface area (Å²) in [6.07, 6.45) is 2.64. The van der Waals surface area contributed by atoms with Gasteiger partial charge in [-0.25, -0.2) is 13.1 Å². The largest absolute Gasteiger partial charge is 0.337 e. The molecule has 138 valence electrons. The number of aromatic amines is 1. The molecule has 2 aromatic rings. The number of nitrogens with one attached hydrogen (secondary N) is 3. The van der Waals surface area contributed by atoms with Gasteiger partial charge in [-0.05, 0) is 43.1 Å². The first kappa shape index (κ1) is 17.2. The number of rotatable bonds is 5. The van der Waals surface area contributed by atoms with Crippen LogP contribution in [0.2, 0.25) is 0 Å². The van der Waals surface area contributed by atoms with E-state index in [0.717, 1.165) is 19.5 Å². The Morgan fingerprint density at radius 1 is 1.31 bits per heavy atom. The Balaban J connectivity index is 1.48. The Hall–Kier alpha value is -2.23. The number of nitrogens with zero attached hydrogens (tertiary/aromatic N) is 2. The van der Waals surface area contributed by atoms with Crippen LogP contribution in [0.4, 0.5) is 0 Å². The quantitative estimate of drug-likeness (QED) is 0.698. The van der Waals surface area contributed by atoms with Gasteiger partial charge in [0.05, 0.1) is 17.1 Å². The summed E-state index contributed by atoms with van der Waals surface area (Å²) in [4.78, 5) is 14.7. The van der Waals surface area contributed by atoms with E-state index in [0.29, 0.717) is 29.8 Å². The number of benzene rings is 1. The number of fused-ring (bicyclic) bond motifs is 1. The lowest BCUT2D eigenvalue weighted by Gasteiger charge is -2.18. The van der Waals surface area contributed by atoms with Gasteiger partial charge in [-0.3, -0.25) is 9.89 Å². The minimum atomic E-state index is -3.71. The lowest BCUT2D eigenvalue weighted by atomic mass is 10.1. The van der Waals surface area contributed by atoms with Crippen molar-refractivity contribution in [1.82, 2.24) is 25.1 Å². The average molecular weight is 375 g/mol. The summed E-state index contributed by atoms with van der Waals surface area (Å²) in [5.74, 6) is 0.383. The molecule has 2 fully saturated rings. The van der Waals surface area contributed by atoms with Gasteiger partial charge in [0, 0.05) is 30.9 Å². The molecule has 1 aromatic heterocycles. The highest BCUT2D eigenvalue weighted by atomic mass is 32.2. The first-order valence-corrected chi connectivity index (χ1v) is 10.1. The van der Waals surface area contributed by atoms with E-state index in [1.165, 1.54) is 12.1 Å². The Morgan fingerprint density at radius 3 is 2.96 bits per heavy atom. The Labute approximate surface area is 152 Å². The predicted molar refractivity (Wildman–Crippen MR) is 94.9 cm³/mol. The molecule has 9 heteroatoms. The van der Waals surface area contributed by atoms with E-state index >= 15 is 0 Å². The highest BCUT2D eigenvalue weighted by Gasteiger charge is 2.38. The number of amides is 1. The molecular weight excluding hydrogens is 354 g/mol. The van der Waals surface area contributed by atoms with Gasteiger partial charge in [0.25, 0.3) is 5.91 Å². The van der Waals surface area contributed by atoms with Crippen molar-refractivity contribution >= 4 is 15.9 Å². The number of carbonyl (C=O) groups excluding carboxylic acids is 1. The summed E-state index contributed by atoms with van der Waals surface area (Å²) in [6, 6.07) is 8.26. The summed E-state index contributed by atoms with van der Waals surface area (Å²) in [5, 5.41) is 9.90. The van der Waals surface area contributed by atoms with Crippen molar-refractivity contribution in [3.05, 3.63) is 47.8 Å². The zero-order chi connectivity index (χ0) is 18.1. The Kier molecular flexibility index (Phi) is 4.51. The maximum absolute atomic E-state index is 12.8. The van der Waals surface area contributed by atoms with Crippen molar-refractivity contribution in [2.24, 2.45) is 5.92 Å². The summed E-state index contributed by atoms with van der Waals surface area (Å²) in [7, 11) is -3.71. The predicted octanol–water partition coefficient (Wildman–Crippen LogP) is 0.322. The smallest absolute Gasteiger partial charge is 0.253 e.